The molecule has 1 saturated carbocycles. The van der Waals surface area contributed by atoms with Gasteiger partial charge in [0, 0.05) is 24.2 Å². The van der Waals surface area contributed by atoms with E-state index in [0.717, 1.165) is 36.8 Å². The van der Waals surface area contributed by atoms with Gasteiger partial charge in [0.15, 0.2) is 0 Å². The molecule has 0 saturated heterocycles. The van der Waals surface area contributed by atoms with E-state index in [0.29, 0.717) is 0 Å². The summed E-state index contributed by atoms with van der Waals surface area (Å²) in [6.45, 7) is 0. The molecule has 0 spiro atoms. The van der Waals surface area contributed by atoms with Crippen molar-refractivity contribution in [2.24, 2.45) is 0 Å². The summed E-state index contributed by atoms with van der Waals surface area (Å²) in [5.74, 6) is -0.135. The summed E-state index contributed by atoms with van der Waals surface area (Å²) in [5.41, 5.74) is 2.01. The molecule has 3 rings (SSSR count). The molecule has 0 unspecified atom stereocenters. The van der Waals surface area contributed by atoms with Crippen LogP contribution in [0, 0.1) is 0 Å². The second-order valence-corrected chi connectivity index (χ2v) is 7.05. The molecule has 0 bridgehead atoms. The third kappa shape index (κ3) is 6.54. The SMILES string of the molecule is O=C(C=Cc1ccccc1)NC1CCC(NC(=O)C=Cc2ccccc2)CC1. The number of hydrogen-bond donors (Lipinski definition) is 2. The van der Waals surface area contributed by atoms with Crippen LogP contribution < -0.4 is 10.6 Å². The normalized spacial score (nSPS) is 19.6. The lowest BCUT2D eigenvalue weighted by molar-refractivity contribution is -0.118. The van der Waals surface area contributed by atoms with E-state index in [-0.39, 0.29) is 23.9 Å². The van der Waals surface area contributed by atoms with E-state index in [1.54, 1.807) is 12.2 Å². The van der Waals surface area contributed by atoms with Gasteiger partial charge in [0.2, 0.25) is 11.8 Å². The predicted octanol–water partition coefficient (Wildman–Crippen LogP) is 3.96. The van der Waals surface area contributed by atoms with Crippen LogP contribution in [0.2, 0.25) is 0 Å². The Morgan fingerprint density at radius 2 is 1.00 bits per heavy atom. The molecule has 2 aromatic carbocycles. The predicted molar refractivity (Wildman–Crippen MR) is 113 cm³/mol. The molecule has 0 radical (unpaired) electrons. The molecule has 4 nitrogen and oxygen atoms in total. The minimum atomic E-state index is -0.0675. The smallest absolute Gasteiger partial charge is 0.244 e. The van der Waals surface area contributed by atoms with Gasteiger partial charge in [-0.1, -0.05) is 60.7 Å². The van der Waals surface area contributed by atoms with Crippen LogP contribution in [0.4, 0.5) is 0 Å². The van der Waals surface area contributed by atoms with Gasteiger partial charge in [-0.15, -0.1) is 0 Å². The van der Waals surface area contributed by atoms with E-state index < -0.39 is 0 Å². The van der Waals surface area contributed by atoms with Gasteiger partial charge in [-0.3, -0.25) is 9.59 Å². The Kier molecular flexibility index (Phi) is 7.19. The second kappa shape index (κ2) is 10.3. The fourth-order valence-corrected chi connectivity index (χ4v) is 3.35. The molecule has 1 aliphatic rings. The van der Waals surface area contributed by atoms with Crippen molar-refractivity contribution in [1.82, 2.24) is 10.6 Å². The zero-order chi connectivity index (χ0) is 19.6. The van der Waals surface area contributed by atoms with Crippen molar-refractivity contribution in [3.8, 4) is 0 Å². The van der Waals surface area contributed by atoms with Crippen LogP contribution in [-0.2, 0) is 9.59 Å². The second-order valence-electron chi connectivity index (χ2n) is 7.05. The van der Waals surface area contributed by atoms with E-state index in [2.05, 4.69) is 10.6 Å². The average Bonchev–Trinajstić information content (AvgIpc) is 2.74. The van der Waals surface area contributed by atoms with Gasteiger partial charge in [0.05, 0.1) is 0 Å². The van der Waals surface area contributed by atoms with Gasteiger partial charge >= 0.3 is 0 Å². The maximum atomic E-state index is 12.1. The third-order valence-corrected chi connectivity index (χ3v) is 4.87. The molecule has 0 heterocycles. The van der Waals surface area contributed by atoms with Crippen LogP contribution >= 0.6 is 0 Å². The van der Waals surface area contributed by atoms with E-state index in [9.17, 15) is 9.59 Å². The molecule has 1 aliphatic carbocycles. The number of carbonyl (C=O) groups excluding carboxylic acids is 2. The number of benzene rings is 2. The minimum absolute atomic E-state index is 0.0675. The highest BCUT2D eigenvalue weighted by molar-refractivity contribution is 5.92. The Hall–Kier alpha value is -3.14. The van der Waals surface area contributed by atoms with Crippen molar-refractivity contribution >= 4 is 24.0 Å². The summed E-state index contributed by atoms with van der Waals surface area (Å²) in [6.07, 6.45) is 10.3. The fraction of sp³-hybridized carbons (Fsp3) is 0.250. The summed E-state index contributed by atoms with van der Waals surface area (Å²) in [5, 5.41) is 6.11. The van der Waals surface area contributed by atoms with E-state index >= 15 is 0 Å². The van der Waals surface area contributed by atoms with Gasteiger partial charge < -0.3 is 10.6 Å². The maximum absolute atomic E-state index is 12.1. The van der Waals surface area contributed by atoms with Crippen molar-refractivity contribution in [2.75, 3.05) is 0 Å². The first-order chi connectivity index (χ1) is 13.7. The molecule has 0 atom stereocenters. The summed E-state index contributed by atoms with van der Waals surface area (Å²) >= 11 is 0. The number of nitrogens with one attached hydrogen (secondary N) is 2. The maximum Gasteiger partial charge on any atom is 0.244 e. The lowest BCUT2D eigenvalue weighted by atomic mass is 9.91. The highest BCUT2D eigenvalue weighted by atomic mass is 16.2. The van der Waals surface area contributed by atoms with E-state index in [4.69, 9.17) is 0 Å². The van der Waals surface area contributed by atoms with E-state index in [1.165, 1.54) is 0 Å². The highest BCUT2D eigenvalue weighted by Crippen LogP contribution is 2.19. The molecule has 28 heavy (non-hydrogen) atoms. The molecule has 1 fully saturated rings. The van der Waals surface area contributed by atoms with Gasteiger partial charge in [0.1, 0.15) is 0 Å². The van der Waals surface area contributed by atoms with Crippen molar-refractivity contribution in [2.45, 2.75) is 37.8 Å². The summed E-state index contributed by atoms with van der Waals surface area (Å²) in [7, 11) is 0. The molecule has 2 N–H and O–H groups in total. The van der Waals surface area contributed by atoms with Gasteiger partial charge in [-0.05, 0) is 49.0 Å². The largest absolute Gasteiger partial charge is 0.350 e. The Balaban J connectivity index is 1.38. The molecule has 4 heteroatoms. The molecular formula is C24H26N2O2. The zero-order valence-electron chi connectivity index (χ0n) is 15.9. The van der Waals surface area contributed by atoms with Gasteiger partial charge in [0.25, 0.3) is 0 Å². The van der Waals surface area contributed by atoms with Crippen molar-refractivity contribution in [1.29, 1.82) is 0 Å². The Labute approximate surface area is 166 Å². The molecule has 144 valence electrons. The standard InChI is InChI=1S/C24H26N2O2/c27-23(17-11-19-7-3-1-4-8-19)25-21-13-15-22(16-14-21)26-24(28)18-12-20-9-5-2-6-10-20/h1-12,17-18,21-22H,13-16H2,(H,25,27)(H,26,28). The fourth-order valence-electron chi connectivity index (χ4n) is 3.35. The monoisotopic (exact) mass is 374 g/mol. The van der Waals surface area contributed by atoms with Gasteiger partial charge in [-0.25, -0.2) is 0 Å². The van der Waals surface area contributed by atoms with Crippen LogP contribution in [0.25, 0.3) is 12.2 Å². The van der Waals surface area contributed by atoms with Crippen LogP contribution in [0.1, 0.15) is 36.8 Å². The average molecular weight is 374 g/mol. The third-order valence-electron chi connectivity index (χ3n) is 4.87. The summed E-state index contributed by atoms with van der Waals surface area (Å²) < 4.78 is 0. The molecule has 0 aromatic heterocycles. The number of amides is 2. The number of carbonyl (C=O) groups is 2. The lowest BCUT2D eigenvalue weighted by Crippen LogP contribution is -2.43. The van der Waals surface area contributed by atoms with Gasteiger partial charge in [-0.2, -0.15) is 0 Å². The quantitative estimate of drug-likeness (QED) is 0.752. The highest BCUT2D eigenvalue weighted by Gasteiger charge is 2.22. The first kappa shape index (κ1) is 19.6. The van der Waals surface area contributed by atoms with Crippen molar-refractivity contribution in [3.63, 3.8) is 0 Å². The molecule has 2 amide bonds. The Morgan fingerprint density at radius 1 is 0.643 bits per heavy atom. The van der Waals surface area contributed by atoms with Crippen molar-refractivity contribution < 1.29 is 9.59 Å². The topological polar surface area (TPSA) is 58.2 Å². The first-order valence-electron chi connectivity index (χ1n) is 9.76. The van der Waals surface area contributed by atoms with Crippen LogP contribution in [0.5, 0.6) is 0 Å². The molecule has 0 aliphatic heterocycles. The van der Waals surface area contributed by atoms with Crippen LogP contribution in [0.3, 0.4) is 0 Å². The summed E-state index contributed by atoms with van der Waals surface area (Å²) in [4.78, 5) is 24.2. The molecular weight excluding hydrogens is 348 g/mol. The number of hydrogen-bond acceptors (Lipinski definition) is 2. The Bertz CT molecular complexity index is 749. The summed E-state index contributed by atoms with van der Waals surface area (Å²) in [6, 6.07) is 19.9. The van der Waals surface area contributed by atoms with Crippen molar-refractivity contribution in [3.05, 3.63) is 83.9 Å². The van der Waals surface area contributed by atoms with Crippen LogP contribution in [-0.4, -0.2) is 23.9 Å². The number of rotatable bonds is 6. The molecule has 2 aromatic rings. The first-order valence-corrected chi connectivity index (χ1v) is 9.76. The zero-order valence-corrected chi connectivity index (χ0v) is 15.9. The Morgan fingerprint density at radius 3 is 1.36 bits per heavy atom. The van der Waals surface area contributed by atoms with E-state index in [1.807, 2.05) is 72.8 Å². The lowest BCUT2D eigenvalue weighted by Gasteiger charge is -2.29. The minimum Gasteiger partial charge on any atom is -0.350 e. The van der Waals surface area contributed by atoms with Crippen LogP contribution in [0.15, 0.2) is 72.8 Å².